The quantitative estimate of drug-likeness (QED) is 0.526. The van der Waals surface area contributed by atoms with Gasteiger partial charge in [0.2, 0.25) is 5.79 Å². The molecule has 1 aromatic carbocycles. The molecular weight excluding hydrogens is 478 g/mol. The Morgan fingerprint density at radius 1 is 1.19 bits per heavy atom. The van der Waals surface area contributed by atoms with Gasteiger partial charge >= 0.3 is 0 Å². The van der Waals surface area contributed by atoms with Gasteiger partial charge in [0.15, 0.2) is 11.5 Å². The van der Waals surface area contributed by atoms with Crippen molar-refractivity contribution in [2.45, 2.75) is 85.1 Å². The molecule has 0 saturated heterocycles. The Morgan fingerprint density at radius 3 is 2.53 bits per heavy atom. The van der Waals surface area contributed by atoms with E-state index < -0.39 is 5.79 Å². The summed E-state index contributed by atoms with van der Waals surface area (Å²) in [6.07, 6.45) is 4.47. The predicted octanol–water partition coefficient (Wildman–Crippen LogP) is 5.15. The average Bonchev–Trinajstić information content (AvgIpc) is 3.16. The van der Waals surface area contributed by atoms with Crippen LogP contribution in [0.1, 0.15) is 77.8 Å². The average molecular weight is 516 g/mol. The zero-order valence-electron chi connectivity index (χ0n) is 22.5. The zero-order chi connectivity index (χ0) is 26.4. The lowest BCUT2D eigenvalue weighted by molar-refractivity contribution is -0.0706. The molecule has 0 saturated carbocycles. The number of aromatic nitrogens is 1. The molecule has 1 N–H and O–H groups in total. The minimum atomic E-state index is -0.819. The summed E-state index contributed by atoms with van der Waals surface area (Å²) < 4.78 is 12.7. The third kappa shape index (κ3) is 4.88. The minimum absolute atomic E-state index is 0.158. The van der Waals surface area contributed by atoms with Crippen molar-refractivity contribution < 1.29 is 14.3 Å². The topological polar surface area (TPSA) is 74.9 Å². The van der Waals surface area contributed by atoms with E-state index in [0.29, 0.717) is 46.7 Å². The van der Waals surface area contributed by atoms with Crippen LogP contribution in [0.4, 0.5) is 0 Å². The summed E-state index contributed by atoms with van der Waals surface area (Å²) in [5.74, 6) is 0.100. The second-order valence-electron chi connectivity index (χ2n) is 10.6. The molecule has 7 nitrogen and oxygen atoms in total. The molecule has 2 aromatic rings. The molecule has 196 valence electrons. The van der Waals surface area contributed by atoms with Crippen molar-refractivity contribution in [1.29, 1.82) is 0 Å². The number of rotatable bonds is 8. The molecule has 0 bridgehead atoms. The van der Waals surface area contributed by atoms with Crippen LogP contribution in [0.25, 0.3) is 0 Å². The van der Waals surface area contributed by atoms with E-state index >= 15 is 0 Å². The van der Waals surface area contributed by atoms with Crippen molar-refractivity contribution in [2.75, 3.05) is 20.6 Å². The number of nitrogens with one attached hydrogen (secondary N) is 1. The largest absolute Gasteiger partial charge is 0.448 e. The van der Waals surface area contributed by atoms with Gasteiger partial charge in [-0.1, -0.05) is 18.5 Å². The lowest BCUT2D eigenvalue weighted by Gasteiger charge is -2.30. The molecule has 2 atom stereocenters. The van der Waals surface area contributed by atoms with Gasteiger partial charge in [0.05, 0.1) is 17.1 Å². The number of carbonyl (C=O) groups is 1. The first-order valence-electron chi connectivity index (χ1n) is 12.8. The molecule has 0 spiro atoms. The maximum atomic E-state index is 13.6. The summed E-state index contributed by atoms with van der Waals surface area (Å²) in [6.45, 7) is 10.6. The Kier molecular flexibility index (Phi) is 7.45. The maximum Gasteiger partial charge on any atom is 0.256 e. The number of carbonyl (C=O) groups excluding carboxylic acids is 1. The zero-order valence-corrected chi connectivity index (χ0v) is 23.3. The van der Waals surface area contributed by atoms with E-state index in [-0.39, 0.29) is 18.0 Å². The van der Waals surface area contributed by atoms with Crippen LogP contribution in [0.2, 0.25) is 5.02 Å². The summed E-state index contributed by atoms with van der Waals surface area (Å²) >= 11 is 6.84. The first kappa shape index (κ1) is 26.6. The fourth-order valence-corrected chi connectivity index (χ4v) is 5.88. The van der Waals surface area contributed by atoms with Crippen LogP contribution in [0, 0.1) is 20.8 Å². The van der Waals surface area contributed by atoms with E-state index in [1.807, 2.05) is 33.8 Å². The summed E-state index contributed by atoms with van der Waals surface area (Å²) in [4.78, 5) is 33.0. The van der Waals surface area contributed by atoms with Gasteiger partial charge in [-0.05, 0) is 83.3 Å². The molecule has 2 unspecified atom stereocenters. The first-order chi connectivity index (χ1) is 17.0. The minimum Gasteiger partial charge on any atom is -0.448 e. The second-order valence-corrected chi connectivity index (χ2v) is 11.0. The standard InChI is InChI=1S/C28H38ClN3O4/c1-8-19(31(6)7)10-9-12-28(5)35-24-18(4)20-11-13-32(27(34)22(20)23(29)25(24)36-28)15-21-16(2)14-17(3)30-26(21)33/h14,19H,8-13,15H2,1-7H3,(H,30,33). The Labute approximate surface area is 218 Å². The van der Waals surface area contributed by atoms with E-state index in [4.69, 9.17) is 21.1 Å². The summed E-state index contributed by atoms with van der Waals surface area (Å²) in [6, 6.07) is 2.44. The van der Waals surface area contributed by atoms with Crippen molar-refractivity contribution in [3.05, 3.63) is 55.0 Å². The lowest BCUT2D eigenvalue weighted by Crippen LogP contribution is -2.39. The van der Waals surface area contributed by atoms with E-state index in [0.717, 1.165) is 48.1 Å². The van der Waals surface area contributed by atoms with E-state index in [1.54, 1.807) is 4.90 Å². The van der Waals surface area contributed by atoms with Crippen LogP contribution in [0.5, 0.6) is 11.5 Å². The molecule has 4 rings (SSSR count). The number of amides is 1. The van der Waals surface area contributed by atoms with Crippen LogP contribution in [-0.2, 0) is 13.0 Å². The molecule has 1 amide bonds. The number of hydrogen-bond donors (Lipinski definition) is 1. The van der Waals surface area contributed by atoms with Gasteiger partial charge in [-0.25, -0.2) is 0 Å². The predicted molar refractivity (Wildman–Crippen MR) is 142 cm³/mol. The van der Waals surface area contributed by atoms with Gasteiger partial charge in [-0.2, -0.15) is 0 Å². The Hall–Kier alpha value is -2.51. The number of H-pyrrole nitrogens is 1. The van der Waals surface area contributed by atoms with E-state index in [9.17, 15) is 9.59 Å². The van der Waals surface area contributed by atoms with Crippen LogP contribution < -0.4 is 15.0 Å². The van der Waals surface area contributed by atoms with Crippen molar-refractivity contribution in [1.82, 2.24) is 14.8 Å². The van der Waals surface area contributed by atoms with E-state index in [1.165, 1.54) is 0 Å². The number of pyridine rings is 1. The molecule has 0 radical (unpaired) electrons. The SMILES string of the molecule is CCC(CCCC1(C)Oc2c(C)c3c(c(Cl)c2O1)C(=O)N(Cc1c(C)cc(C)[nH]c1=O)CC3)N(C)C. The van der Waals surface area contributed by atoms with Crippen molar-refractivity contribution >= 4 is 17.5 Å². The number of aryl methyl sites for hydroxylation is 2. The number of hydrogen-bond acceptors (Lipinski definition) is 5. The van der Waals surface area contributed by atoms with Crippen LogP contribution >= 0.6 is 11.6 Å². The molecule has 0 fully saturated rings. The number of ether oxygens (including phenoxy) is 2. The monoisotopic (exact) mass is 515 g/mol. The molecular formula is C28H38ClN3O4. The normalized spacial score (nSPS) is 19.7. The van der Waals surface area contributed by atoms with Crippen molar-refractivity contribution in [3.8, 4) is 11.5 Å². The van der Waals surface area contributed by atoms with Gasteiger partial charge in [0.1, 0.15) is 0 Å². The highest BCUT2D eigenvalue weighted by Gasteiger charge is 2.43. The van der Waals surface area contributed by atoms with Gasteiger partial charge < -0.3 is 24.3 Å². The Morgan fingerprint density at radius 2 is 1.89 bits per heavy atom. The number of benzene rings is 1. The number of halogens is 1. The molecule has 3 heterocycles. The molecule has 36 heavy (non-hydrogen) atoms. The van der Waals surface area contributed by atoms with Crippen molar-refractivity contribution in [3.63, 3.8) is 0 Å². The maximum absolute atomic E-state index is 13.6. The third-order valence-electron chi connectivity index (χ3n) is 7.70. The van der Waals surface area contributed by atoms with Gasteiger partial charge in [-0.3, -0.25) is 9.59 Å². The van der Waals surface area contributed by atoms with E-state index in [2.05, 4.69) is 30.9 Å². The van der Waals surface area contributed by atoms with Crippen molar-refractivity contribution in [2.24, 2.45) is 0 Å². The van der Waals surface area contributed by atoms with Crippen LogP contribution in [0.15, 0.2) is 10.9 Å². The third-order valence-corrected chi connectivity index (χ3v) is 8.06. The molecule has 0 aliphatic carbocycles. The summed E-state index contributed by atoms with van der Waals surface area (Å²) in [7, 11) is 4.22. The Bertz CT molecular complexity index is 1240. The highest BCUT2D eigenvalue weighted by molar-refractivity contribution is 6.36. The van der Waals surface area contributed by atoms with Gasteiger partial charge in [0, 0.05) is 37.2 Å². The first-order valence-corrected chi connectivity index (χ1v) is 13.2. The molecule has 2 aliphatic heterocycles. The van der Waals surface area contributed by atoms with Crippen LogP contribution in [0.3, 0.4) is 0 Å². The van der Waals surface area contributed by atoms with Crippen LogP contribution in [-0.4, -0.2) is 53.2 Å². The second kappa shape index (κ2) is 10.1. The van der Waals surface area contributed by atoms with Gasteiger partial charge in [-0.15, -0.1) is 0 Å². The Balaban J connectivity index is 1.57. The summed E-state index contributed by atoms with van der Waals surface area (Å²) in [5, 5.41) is 0.304. The fourth-order valence-electron chi connectivity index (χ4n) is 5.56. The highest BCUT2D eigenvalue weighted by atomic mass is 35.5. The number of aromatic amines is 1. The molecule has 1 aromatic heterocycles. The number of nitrogens with zero attached hydrogens (tertiary/aromatic N) is 2. The fraction of sp³-hybridized carbons (Fsp3) is 0.571. The van der Waals surface area contributed by atoms with Gasteiger partial charge in [0.25, 0.3) is 11.5 Å². The number of fused-ring (bicyclic) bond motifs is 2. The molecule has 8 heteroatoms. The smallest absolute Gasteiger partial charge is 0.256 e. The highest BCUT2D eigenvalue weighted by Crippen LogP contribution is 2.51. The summed E-state index contributed by atoms with van der Waals surface area (Å²) in [5.41, 5.74) is 4.39. The molecule has 2 aliphatic rings. The lowest BCUT2D eigenvalue weighted by atomic mass is 9.92.